The number of rotatable bonds is 4. The van der Waals surface area contributed by atoms with Gasteiger partial charge in [-0.05, 0) is 42.9 Å². The summed E-state index contributed by atoms with van der Waals surface area (Å²) in [5, 5.41) is 10.4. The van der Waals surface area contributed by atoms with Crippen LogP contribution in [0.25, 0.3) is 0 Å². The number of aliphatic hydroxyl groups is 1. The van der Waals surface area contributed by atoms with Crippen molar-refractivity contribution >= 4 is 5.91 Å². The van der Waals surface area contributed by atoms with E-state index in [1.807, 2.05) is 0 Å². The molecule has 21 heavy (non-hydrogen) atoms. The Balaban J connectivity index is 1.58. The largest absolute Gasteiger partial charge is 0.388 e. The molecule has 0 aliphatic heterocycles. The van der Waals surface area contributed by atoms with Gasteiger partial charge in [-0.2, -0.15) is 0 Å². The average molecular weight is 291 g/mol. The minimum Gasteiger partial charge on any atom is -0.388 e. The van der Waals surface area contributed by atoms with Gasteiger partial charge in [-0.25, -0.2) is 4.39 Å². The van der Waals surface area contributed by atoms with Crippen molar-refractivity contribution < 1.29 is 14.3 Å². The summed E-state index contributed by atoms with van der Waals surface area (Å²) in [4.78, 5) is 14.1. The lowest BCUT2D eigenvalue weighted by Crippen LogP contribution is -2.42. The molecule has 2 saturated carbocycles. The molecule has 2 unspecified atom stereocenters. The van der Waals surface area contributed by atoms with E-state index in [4.69, 9.17) is 0 Å². The third kappa shape index (κ3) is 3.10. The Morgan fingerprint density at radius 2 is 1.95 bits per heavy atom. The molecule has 0 saturated heterocycles. The van der Waals surface area contributed by atoms with Crippen LogP contribution in [0.1, 0.15) is 43.6 Å². The summed E-state index contributed by atoms with van der Waals surface area (Å²) in [6, 6.07) is 6.41. The van der Waals surface area contributed by atoms with Crippen LogP contribution in [0.15, 0.2) is 24.3 Å². The maximum Gasteiger partial charge on any atom is 0.226 e. The molecule has 1 aromatic rings. The molecule has 0 bridgehead atoms. The van der Waals surface area contributed by atoms with Crippen molar-refractivity contribution in [2.45, 2.75) is 43.6 Å². The Bertz CT molecular complexity index is 522. The molecule has 1 N–H and O–H groups in total. The van der Waals surface area contributed by atoms with Crippen molar-refractivity contribution in [1.29, 1.82) is 0 Å². The lowest BCUT2D eigenvalue weighted by Gasteiger charge is -2.28. The predicted octanol–water partition coefficient (Wildman–Crippen LogP) is 2.69. The quantitative estimate of drug-likeness (QED) is 0.926. The molecule has 3 rings (SSSR count). The fourth-order valence-electron chi connectivity index (χ4n) is 3.54. The summed E-state index contributed by atoms with van der Waals surface area (Å²) in [5.74, 6) is 0.0525. The maximum absolute atomic E-state index is 12.9. The topological polar surface area (TPSA) is 40.5 Å². The Morgan fingerprint density at radius 3 is 2.57 bits per heavy atom. The number of hydrogen-bond donors (Lipinski definition) is 1. The van der Waals surface area contributed by atoms with Crippen molar-refractivity contribution in [2.24, 2.45) is 5.92 Å². The van der Waals surface area contributed by atoms with Gasteiger partial charge in [0.1, 0.15) is 5.82 Å². The van der Waals surface area contributed by atoms with E-state index in [1.165, 1.54) is 12.1 Å². The highest BCUT2D eigenvalue weighted by molar-refractivity contribution is 5.82. The van der Waals surface area contributed by atoms with E-state index in [9.17, 15) is 14.3 Å². The normalized spacial score (nSPS) is 26.6. The van der Waals surface area contributed by atoms with Gasteiger partial charge in [0, 0.05) is 19.5 Å². The minimum atomic E-state index is -0.690. The third-order valence-corrected chi connectivity index (χ3v) is 4.85. The first-order valence-electron chi connectivity index (χ1n) is 7.71. The standard InChI is InChI=1S/C17H22FNO2/c1-19(11-17(21)8-2-3-9-17)16(20)15-10-14(15)12-4-6-13(18)7-5-12/h4-7,14-15,21H,2-3,8-11H2,1H3. The second kappa shape index (κ2) is 5.41. The van der Waals surface area contributed by atoms with Crippen LogP contribution in [-0.2, 0) is 4.79 Å². The van der Waals surface area contributed by atoms with Crippen LogP contribution in [0.2, 0.25) is 0 Å². The second-order valence-corrected chi connectivity index (χ2v) is 6.63. The summed E-state index contributed by atoms with van der Waals surface area (Å²) >= 11 is 0. The summed E-state index contributed by atoms with van der Waals surface area (Å²) in [5.41, 5.74) is 0.340. The van der Waals surface area contributed by atoms with E-state index >= 15 is 0 Å². The van der Waals surface area contributed by atoms with Crippen molar-refractivity contribution in [1.82, 2.24) is 4.90 Å². The zero-order valence-corrected chi connectivity index (χ0v) is 12.4. The van der Waals surface area contributed by atoms with Crippen molar-refractivity contribution in [3.63, 3.8) is 0 Å². The summed E-state index contributed by atoms with van der Waals surface area (Å²) in [7, 11) is 1.78. The molecule has 2 fully saturated rings. The molecule has 0 heterocycles. The van der Waals surface area contributed by atoms with Crippen molar-refractivity contribution in [3.8, 4) is 0 Å². The predicted molar refractivity (Wildman–Crippen MR) is 78.3 cm³/mol. The van der Waals surface area contributed by atoms with Crippen molar-refractivity contribution in [3.05, 3.63) is 35.6 Å². The van der Waals surface area contributed by atoms with Crippen LogP contribution in [0.3, 0.4) is 0 Å². The summed E-state index contributed by atoms with van der Waals surface area (Å²) < 4.78 is 12.9. The number of halogens is 1. The molecule has 3 nitrogen and oxygen atoms in total. The molecule has 0 aromatic heterocycles. The van der Waals surface area contributed by atoms with Gasteiger partial charge in [0.25, 0.3) is 0 Å². The van der Waals surface area contributed by atoms with Gasteiger partial charge in [-0.15, -0.1) is 0 Å². The zero-order valence-electron chi connectivity index (χ0n) is 12.4. The SMILES string of the molecule is CN(CC1(O)CCCC1)C(=O)C1CC1c1ccc(F)cc1. The fourth-order valence-corrected chi connectivity index (χ4v) is 3.54. The van der Waals surface area contributed by atoms with Crippen LogP contribution in [-0.4, -0.2) is 35.1 Å². The maximum atomic E-state index is 12.9. The van der Waals surface area contributed by atoms with E-state index in [0.29, 0.717) is 6.54 Å². The molecule has 0 radical (unpaired) electrons. The van der Waals surface area contributed by atoms with Gasteiger partial charge in [0.2, 0.25) is 5.91 Å². The molecular weight excluding hydrogens is 269 g/mol. The second-order valence-electron chi connectivity index (χ2n) is 6.63. The summed E-state index contributed by atoms with van der Waals surface area (Å²) in [6.45, 7) is 0.429. The third-order valence-electron chi connectivity index (χ3n) is 4.85. The summed E-state index contributed by atoms with van der Waals surface area (Å²) in [6.07, 6.45) is 4.49. The molecule has 2 atom stereocenters. The number of likely N-dealkylation sites (N-methyl/N-ethyl adjacent to an activating group) is 1. The molecule has 1 aromatic carbocycles. The Morgan fingerprint density at radius 1 is 1.33 bits per heavy atom. The first-order valence-corrected chi connectivity index (χ1v) is 7.71. The van der Waals surface area contributed by atoms with Crippen LogP contribution in [0.4, 0.5) is 4.39 Å². The van der Waals surface area contributed by atoms with Gasteiger partial charge >= 0.3 is 0 Å². The number of carbonyl (C=O) groups is 1. The Kier molecular flexibility index (Phi) is 3.74. The smallest absolute Gasteiger partial charge is 0.226 e. The molecule has 0 spiro atoms. The highest BCUT2D eigenvalue weighted by Gasteiger charge is 2.46. The van der Waals surface area contributed by atoms with Gasteiger partial charge in [-0.1, -0.05) is 25.0 Å². The van der Waals surface area contributed by atoms with Gasteiger partial charge in [-0.3, -0.25) is 4.79 Å². The fraction of sp³-hybridized carbons (Fsp3) is 0.588. The minimum absolute atomic E-state index is 0.00883. The molecular formula is C17H22FNO2. The Hall–Kier alpha value is -1.42. The van der Waals surface area contributed by atoms with Crippen LogP contribution in [0, 0.1) is 11.7 Å². The van der Waals surface area contributed by atoms with Gasteiger partial charge in [0.15, 0.2) is 0 Å². The molecule has 1 amide bonds. The highest BCUT2D eigenvalue weighted by Crippen LogP contribution is 2.48. The van der Waals surface area contributed by atoms with E-state index in [1.54, 1.807) is 24.1 Å². The van der Waals surface area contributed by atoms with Crippen LogP contribution < -0.4 is 0 Å². The van der Waals surface area contributed by atoms with E-state index < -0.39 is 5.60 Å². The molecule has 2 aliphatic rings. The Labute approximate surface area is 124 Å². The van der Waals surface area contributed by atoms with Crippen LogP contribution in [0.5, 0.6) is 0 Å². The van der Waals surface area contributed by atoms with E-state index in [0.717, 1.165) is 37.7 Å². The average Bonchev–Trinajstić information content (AvgIpc) is 3.14. The molecule has 2 aliphatic carbocycles. The number of amides is 1. The monoisotopic (exact) mass is 291 g/mol. The lowest BCUT2D eigenvalue weighted by molar-refractivity contribution is -0.134. The van der Waals surface area contributed by atoms with Gasteiger partial charge in [0.05, 0.1) is 5.60 Å². The first kappa shape index (κ1) is 14.5. The van der Waals surface area contributed by atoms with Gasteiger partial charge < -0.3 is 10.0 Å². The van der Waals surface area contributed by atoms with Crippen molar-refractivity contribution in [2.75, 3.05) is 13.6 Å². The zero-order chi connectivity index (χ0) is 15.0. The number of nitrogens with zero attached hydrogens (tertiary/aromatic N) is 1. The van der Waals surface area contributed by atoms with E-state index in [-0.39, 0.29) is 23.6 Å². The molecule has 114 valence electrons. The number of hydrogen-bond acceptors (Lipinski definition) is 2. The highest BCUT2D eigenvalue weighted by atomic mass is 19.1. The van der Waals surface area contributed by atoms with E-state index in [2.05, 4.69) is 0 Å². The number of carbonyl (C=O) groups excluding carboxylic acids is 1. The number of benzene rings is 1. The lowest BCUT2D eigenvalue weighted by atomic mass is 10.0. The van der Waals surface area contributed by atoms with Crippen LogP contribution >= 0.6 is 0 Å². The first-order chi connectivity index (χ1) is 9.98. The molecule has 4 heteroatoms.